The average Bonchev–Trinajstić information content (AvgIpc) is 2.18. The molecule has 1 heterocycles. The van der Waals surface area contributed by atoms with Gasteiger partial charge in [0.2, 0.25) is 0 Å². The largest absolute Gasteiger partial charge is 0.319 e. The number of nitrogens with one attached hydrogen (secondary N) is 1. The number of hydrogen-bond donors (Lipinski definition) is 1. The van der Waals surface area contributed by atoms with E-state index in [0.717, 1.165) is 19.4 Å². The van der Waals surface area contributed by atoms with E-state index in [0.29, 0.717) is 23.3 Å². The quantitative estimate of drug-likeness (QED) is 0.782. The molecular formula is C11H23NO2S. The summed E-state index contributed by atoms with van der Waals surface area (Å²) in [5, 5.41) is 3.22. The highest BCUT2D eigenvalue weighted by Gasteiger charge is 2.28. The Kier molecular flexibility index (Phi) is 5.06. The van der Waals surface area contributed by atoms with Crippen molar-refractivity contribution in [2.45, 2.75) is 32.6 Å². The summed E-state index contributed by atoms with van der Waals surface area (Å²) in [6.45, 7) is 3.22. The molecule has 0 bridgehead atoms. The maximum atomic E-state index is 11.3. The van der Waals surface area contributed by atoms with E-state index in [-0.39, 0.29) is 0 Å². The zero-order chi connectivity index (χ0) is 11.3. The molecule has 0 radical (unpaired) electrons. The third kappa shape index (κ3) is 4.11. The Labute approximate surface area is 93.6 Å². The van der Waals surface area contributed by atoms with Gasteiger partial charge in [-0.2, -0.15) is 0 Å². The van der Waals surface area contributed by atoms with Crippen molar-refractivity contribution >= 4 is 9.84 Å². The van der Waals surface area contributed by atoms with Gasteiger partial charge in [-0.15, -0.1) is 0 Å². The molecule has 0 saturated carbocycles. The van der Waals surface area contributed by atoms with Crippen molar-refractivity contribution in [2.24, 2.45) is 11.8 Å². The summed E-state index contributed by atoms with van der Waals surface area (Å²) < 4.78 is 22.6. The first-order chi connectivity index (χ1) is 7.09. The molecule has 1 saturated heterocycles. The number of hydrogen-bond acceptors (Lipinski definition) is 3. The van der Waals surface area contributed by atoms with Crippen molar-refractivity contribution < 1.29 is 8.42 Å². The fourth-order valence-corrected chi connectivity index (χ4v) is 4.04. The lowest BCUT2D eigenvalue weighted by atomic mass is 9.84. The Morgan fingerprint density at radius 3 is 2.40 bits per heavy atom. The van der Waals surface area contributed by atoms with Gasteiger partial charge in [-0.05, 0) is 44.7 Å². The lowest BCUT2D eigenvalue weighted by Gasteiger charge is -2.30. The third-order valence-corrected chi connectivity index (χ3v) is 5.11. The van der Waals surface area contributed by atoms with Gasteiger partial charge in [-0.1, -0.05) is 13.3 Å². The van der Waals surface area contributed by atoms with Gasteiger partial charge in [-0.3, -0.25) is 0 Å². The van der Waals surface area contributed by atoms with Crippen molar-refractivity contribution in [3.8, 4) is 0 Å². The first-order valence-corrected chi connectivity index (χ1v) is 7.76. The van der Waals surface area contributed by atoms with E-state index in [4.69, 9.17) is 0 Å². The van der Waals surface area contributed by atoms with Crippen molar-refractivity contribution in [2.75, 3.05) is 25.1 Å². The lowest BCUT2D eigenvalue weighted by molar-refractivity contribution is 0.281. The summed E-state index contributed by atoms with van der Waals surface area (Å²) in [7, 11) is -0.725. The van der Waals surface area contributed by atoms with Crippen LogP contribution in [0.4, 0.5) is 0 Å². The summed E-state index contributed by atoms with van der Waals surface area (Å²) in [6, 6.07) is 0. The van der Waals surface area contributed by atoms with Gasteiger partial charge in [0.1, 0.15) is 9.84 Å². The van der Waals surface area contributed by atoms with Gasteiger partial charge in [0, 0.05) is 0 Å². The second kappa shape index (κ2) is 5.85. The van der Waals surface area contributed by atoms with Gasteiger partial charge >= 0.3 is 0 Å². The predicted octanol–water partition coefficient (Wildman–Crippen LogP) is 1.45. The van der Waals surface area contributed by atoms with Crippen LogP contribution in [-0.4, -0.2) is 33.5 Å². The van der Waals surface area contributed by atoms with E-state index in [1.165, 1.54) is 12.8 Å². The van der Waals surface area contributed by atoms with Crippen LogP contribution >= 0.6 is 0 Å². The molecular weight excluding hydrogens is 210 g/mol. The third-order valence-electron chi connectivity index (χ3n) is 3.39. The highest BCUT2D eigenvalue weighted by Crippen LogP contribution is 2.28. The molecule has 1 atom stereocenters. The molecule has 0 aromatic rings. The van der Waals surface area contributed by atoms with Crippen LogP contribution in [0.15, 0.2) is 0 Å². The van der Waals surface area contributed by atoms with Crippen molar-refractivity contribution in [3.05, 3.63) is 0 Å². The first-order valence-electron chi connectivity index (χ1n) is 5.94. The van der Waals surface area contributed by atoms with Crippen molar-refractivity contribution in [1.82, 2.24) is 5.32 Å². The minimum Gasteiger partial charge on any atom is -0.319 e. The van der Waals surface area contributed by atoms with Gasteiger partial charge in [0.05, 0.1) is 11.5 Å². The molecule has 0 amide bonds. The SMILES string of the molecule is CCCC(CNC)C1CCS(=O)(=O)CC1. The minimum atomic E-state index is -2.70. The van der Waals surface area contributed by atoms with Crippen molar-refractivity contribution in [3.63, 3.8) is 0 Å². The molecule has 90 valence electrons. The fraction of sp³-hybridized carbons (Fsp3) is 1.00. The smallest absolute Gasteiger partial charge is 0.150 e. The molecule has 1 aliphatic rings. The van der Waals surface area contributed by atoms with E-state index in [1.807, 2.05) is 7.05 Å². The molecule has 1 fully saturated rings. The standard InChI is InChI=1S/C11H23NO2S/c1-3-4-11(9-12-2)10-5-7-15(13,14)8-6-10/h10-12H,3-9H2,1-2H3. The van der Waals surface area contributed by atoms with Crippen LogP contribution in [-0.2, 0) is 9.84 Å². The van der Waals surface area contributed by atoms with Crippen LogP contribution < -0.4 is 5.32 Å². The Morgan fingerprint density at radius 2 is 1.93 bits per heavy atom. The summed E-state index contributed by atoms with van der Waals surface area (Å²) in [6.07, 6.45) is 4.14. The number of rotatable bonds is 5. The van der Waals surface area contributed by atoms with Gasteiger partial charge in [0.25, 0.3) is 0 Å². The van der Waals surface area contributed by atoms with Gasteiger partial charge < -0.3 is 5.32 Å². The average molecular weight is 233 g/mol. The monoisotopic (exact) mass is 233 g/mol. The maximum Gasteiger partial charge on any atom is 0.150 e. The van der Waals surface area contributed by atoms with Crippen molar-refractivity contribution in [1.29, 1.82) is 0 Å². The second-order valence-electron chi connectivity index (χ2n) is 4.60. The van der Waals surface area contributed by atoms with Crippen LogP contribution in [0.5, 0.6) is 0 Å². The van der Waals surface area contributed by atoms with E-state index >= 15 is 0 Å². The van der Waals surface area contributed by atoms with E-state index in [9.17, 15) is 8.42 Å². The molecule has 3 nitrogen and oxygen atoms in total. The van der Waals surface area contributed by atoms with E-state index in [1.54, 1.807) is 0 Å². The first kappa shape index (κ1) is 13.0. The molecule has 1 rings (SSSR count). The predicted molar refractivity (Wildman–Crippen MR) is 63.7 cm³/mol. The summed E-state index contributed by atoms with van der Waals surface area (Å²) in [4.78, 5) is 0. The Hall–Kier alpha value is -0.0900. The second-order valence-corrected chi connectivity index (χ2v) is 6.90. The van der Waals surface area contributed by atoms with Crippen LogP contribution in [0.2, 0.25) is 0 Å². The van der Waals surface area contributed by atoms with Crippen LogP contribution in [0.1, 0.15) is 32.6 Å². The Morgan fingerprint density at radius 1 is 1.33 bits per heavy atom. The maximum absolute atomic E-state index is 11.3. The summed E-state index contributed by atoms with van der Waals surface area (Å²) >= 11 is 0. The molecule has 15 heavy (non-hydrogen) atoms. The molecule has 4 heteroatoms. The van der Waals surface area contributed by atoms with E-state index in [2.05, 4.69) is 12.2 Å². The lowest BCUT2D eigenvalue weighted by Crippen LogP contribution is -2.32. The van der Waals surface area contributed by atoms with Crippen LogP contribution in [0, 0.1) is 11.8 Å². The molecule has 0 aromatic heterocycles. The molecule has 1 unspecified atom stereocenters. The molecule has 1 N–H and O–H groups in total. The highest BCUT2D eigenvalue weighted by atomic mass is 32.2. The van der Waals surface area contributed by atoms with E-state index < -0.39 is 9.84 Å². The summed E-state index contributed by atoms with van der Waals surface area (Å²) in [5.74, 6) is 2.08. The minimum absolute atomic E-state index is 0.404. The molecule has 0 spiro atoms. The molecule has 0 aliphatic carbocycles. The highest BCUT2D eigenvalue weighted by molar-refractivity contribution is 7.91. The number of sulfone groups is 1. The Bertz CT molecular complexity index is 254. The Balaban J connectivity index is 2.48. The van der Waals surface area contributed by atoms with Crippen LogP contribution in [0.3, 0.4) is 0 Å². The topological polar surface area (TPSA) is 46.2 Å². The summed E-state index contributed by atoms with van der Waals surface area (Å²) in [5.41, 5.74) is 0. The van der Waals surface area contributed by atoms with Crippen LogP contribution in [0.25, 0.3) is 0 Å². The van der Waals surface area contributed by atoms with Gasteiger partial charge in [-0.25, -0.2) is 8.42 Å². The molecule has 1 aliphatic heterocycles. The zero-order valence-corrected chi connectivity index (χ0v) is 10.6. The van der Waals surface area contributed by atoms with Gasteiger partial charge in [0.15, 0.2) is 0 Å². The zero-order valence-electron chi connectivity index (χ0n) is 9.83. The molecule has 0 aromatic carbocycles. The fourth-order valence-electron chi connectivity index (χ4n) is 2.52. The normalized spacial score (nSPS) is 23.9.